The minimum absolute atomic E-state index is 0.00609. The van der Waals surface area contributed by atoms with Gasteiger partial charge in [-0.05, 0) is 44.4 Å². The number of carbonyl (C=O) groups is 1. The second-order valence-electron chi connectivity index (χ2n) is 11.6. The molecule has 4 aliphatic rings. The Morgan fingerprint density at radius 2 is 1.47 bits per heavy atom. The lowest BCUT2D eigenvalue weighted by atomic mass is 9.56. The average molecular weight is 449 g/mol. The number of fused-ring (bicyclic) bond motifs is 1. The number of hydrogen-bond donors (Lipinski definition) is 0. The van der Waals surface area contributed by atoms with E-state index in [1.165, 1.54) is 77.0 Å². The monoisotopic (exact) mass is 448 g/mol. The van der Waals surface area contributed by atoms with Gasteiger partial charge in [-0.2, -0.15) is 0 Å². The molecule has 0 unspecified atom stereocenters. The Kier molecular flexibility index (Phi) is 8.24. The fraction of sp³-hybridized carbons (Fsp3) is 0.964. The SMILES string of the molecule is CCCCCCCCCCCCCC[C@H]1C(=O)O[C@@H]2O[C@@]3(C)CC[C@H]4[C@H](C)CC[C@@H]1[C@@]24O3. The molecule has 1 aliphatic carbocycles. The smallest absolute Gasteiger partial charge is 0.311 e. The van der Waals surface area contributed by atoms with Crippen LogP contribution in [0, 0.1) is 23.7 Å². The van der Waals surface area contributed by atoms with Crippen molar-refractivity contribution in [3.05, 3.63) is 0 Å². The van der Waals surface area contributed by atoms with Crippen molar-refractivity contribution in [3.8, 4) is 0 Å². The molecule has 184 valence electrons. The summed E-state index contributed by atoms with van der Waals surface area (Å²) in [6, 6.07) is 0. The number of unbranched alkanes of at least 4 members (excludes halogenated alkanes) is 11. The molecule has 0 N–H and O–H groups in total. The van der Waals surface area contributed by atoms with Gasteiger partial charge in [0.15, 0.2) is 5.79 Å². The van der Waals surface area contributed by atoms with Crippen molar-refractivity contribution >= 4 is 5.97 Å². The third-order valence-electron chi connectivity index (χ3n) is 9.19. The molecule has 1 spiro atoms. The highest BCUT2D eigenvalue weighted by Crippen LogP contribution is 2.63. The lowest BCUT2D eigenvalue weighted by Crippen LogP contribution is -2.65. The maximum Gasteiger partial charge on any atom is 0.311 e. The van der Waals surface area contributed by atoms with Gasteiger partial charge in [-0.25, -0.2) is 0 Å². The Hall–Kier alpha value is -0.610. The third-order valence-corrected chi connectivity index (χ3v) is 9.19. The highest BCUT2D eigenvalue weighted by atomic mass is 16.8. The van der Waals surface area contributed by atoms with Gasteiger partial charge in [0, 0.05) is 12.3 Å². The van der Waals surface area contributed by atoms with Gasteiger partial charge in [0.25, 0.3) is 0 Å². The van der Waals surface area contributed by atoms with Crippen molar-refractivity contribution in [1.82, 2.24) is 0 Å². The largest absolute Gasteiger partial charge is 0.432 e. The summed E-state index contributed by atoms with van der Waals surface area (Å²) >= 11 is 0. The van der Waals surface area contributed by atoms with Gasteiger partial charge >= 0.3 is 5.97 Å². The molecule has 1 saturated carbocycles. The molecular formula is C28H48O4. The highest BCUT2D eigenvalue weighted by molar-refractivity contribution is 5.74. The van der Waals surface area contributed by atoms with Crippen LogP contribution in [-0.4, -0.2) is 23.6 Å². The molecule has 0 aromatic rings. The van der Waals surface area contributed by atoms with Crippen LogP contribution in [0.1, 0.15) is 130 Å². The Balaban J connectivity index is 1.20. The molecule has 32 heavy (non-hydrogen) atoms. The molecule has 2 bridgehead atoms. The van der Waals surface area contributed by atoms with Gasteiger partial charge < -0.3 is 14.2 Å². The molecule has 4 heteroatoms. The zero-order chi connectivity index (χ0) is 22.6. The zero-order valence-corrected chi connectivity index (χ0v) is 21.0. The van der Waals surface area contributed by atoms with Crippen LogP contribution < -0.4 is 0 Å². The summed E-state index contributed by atoms with van der Waals surface area (Å²) in [6.45, 7) is 6.68. The van der Waals surface area contributed by atoms with Crippen LogP contribution in [0.5, 0.6) is 0 Å². The van der Waals surface area contributed by atoms with Crippen LogP contribution in [0.2, 0.25) is 0 Å². The lowest BCUT2D eigenvalue weighted by molar-refractivity contribution is -0.265. The number of carbonyl (C=O) groups excluding carboxylic acids is 1. The van der Waals surface area contributed by atoms with E-state index in [-0.39, 0.29) is 23.4 Å². The number of ether oxygens (including phenoxy) is 3. The third kappa shape index (κ3) is 4.92. The van der Waals surface area contributed by atoms with Gasteiger partial charge in [0.1, 0.15) is 5.60 Å². The quantitative estimate of drug-likeness (QED) is 0.216. The molecule has 4 nitrogen and oxygen atoms in total. The van der Waals surface area contributed by atoms with E-state index in [4.69, 9.17) is 14.2 Å². The summed E-state index contributed by atoms with van der Waals surface area (Å²) < 4.78 is 18.9. The van der Waals surface area contributed by atoms with E-state index in [1.54, 1.807) is 0 Å². The fourth-order valence-electron chi connectivity index (χ4n) is 7.41. The van der Waals surface area contributed by atoms with Gasteiger partial charge in [-0.3, -0.25) is 4.79 Å². The molecule has 4 fully saturated rings. The predicted molar refractivity (Wildman–Crippen MR) is 127 cm³/mol. The lowest BCUT2D eigenvalue weighted by Gasteiger charge is -2.56. The van der Waals surface area contributed by atoms with E-state index >= 15 is 0 Å². The number of rotatable bonds is 13. The number of esters is 1. The van der Waals surface area contributed by atoms with Crippen LogP contribution in [0.25, 0.3) is 0 Å². The molecule has 3 saturated heterocycles. The van der Waals surface area contributed by atoms with Gasteiger partial charge in [-0.1, -0.05) is 90.9 Å². The molecule has 0 aromatic carbocycles. The molecular weight excluding hydrogens is 400 g/mol. The van der Waals surface area contributed by atoms with E-state index in [9.17, 15) is 4.79 Å². The van der Waals surface area contributed by atoms with E-state index < -0.39 is 12.1 Å². The minimum Gasteiger partial charge on any atom is -0.432 e. The van der Waals surface area contributed by atoms with Crippen molar-refractivity contribution in [2.24, 2.45) is 23.7 Å². The summed E-state index contributed by atoms with van der Waals surface area (Å²) in [6.07, 6.45) is 20.9. The highest BCUT2D eigenvalue weighted by Gasteiger charge is 2.72. The Morgan fingerprint density at radius 1 is 0.844 bits per heavy atom. The van der Waals surface area contributed by atoms with Crippen molar-refractivity contribution in [1.29, 1.82) is 0 Å². The average Bonchev–Trinajstić information content (AvgIpc) is 2.98. The molecule has 0 radical (unpaired) electrons. The summed E-state index contributed by atoms with van der Waals surface area (Å²) in [7, 11) is 0. The van der Waals surface area contributed by atoms with Crippen molar-refractivity contribution in [3.63, 3.8) is 0 Å². The Labute approximate surface area is 196 Å². The van der Waals surface area contributed by atoms with E-state index in [2.05, 4.69) is 13.8 Å². The Morgan fingerprint density at radius 3 is 2.12 bits per heavy atom. The second-order valence-corrected chi connectivity index (χ2v) is 11.6. The first-order chi connectivity index (χ1) is 15.5. The van der Waals surface area contributed by atoms with Crippen molar-refractivity contribution in [2.45, 2.75) is 148 Å². The molecule has 7 atom stereocenters. The normalized spacial score (nSPS) is 40.2. The Bertz CT molecular complexity index is 621. The van der Waals surface area contributed by atoms with Crippen LogP contribution in [-0.2, 0) is 19.0 Å². The first kappa shape index (κ1) is 24.5. The maximum atomic E-state index is 13.0. The van der Waals surface area contributed by atoms with Crippen molar-refractivity contribution < 1.29 is 19.0 Å². The van der Waals surface area contributed by atoms with Crippen LogP contribution in [0.15, 0.2) is 0 Å². The van der Waals surface area contributed by atoms with Crippen LogP contribution >= 0.6 is 0 Å². The second kappa shape index (κ2) is 10.8. The van der Waals surface area contributed by atoms with Crippen molar-refractivity contribution in [2.75, 3.05) is 0 Å². The van der Waals surface area contributed by atoms with Crippen LogP contribution in [0.3, 0.4) is 0 Å². The first-order valence-corrected chi connectivity index (χ1v) is 14.1. The summed E-state index contributed by atoms with van der Waals surface area (Å²) in [5.74, 6) is 0.741. The summed E-state index contributed by atoms with van der Waals surface area (Å²) in [5.41, 5.74) is -0.389. The van der Waals surface area contributed by atoms with Crippen LogP contribution in [0.4, 0.5) is 0 Å². The standard InChI is InChI=1S/C28H48O4/c1-4-5-6-7-8-9-10-11-12-13-14-15-16-22-24-18-17-21(2)23-19-20-27(3)31-26(30-25(22)29)28(23,24)32-27/h21-24,26H,4-20H2,1-3H3/t21-,22-,23+,24+,26-,27-,28-/m1/s1. The van der Waals surface area contributed by atoms with Gasteiger partial charge in [0.05, 0.1) is 5.92 Å². The molecule has 3 heterocycles. The van der Waals surface area contributed by atoms with Gasteiger partial charge in [-0.15, -0.1) is 0 Å². The summed E-state index contributed by atoms with van der Waals surface area (Å²) in [4.78, 5) is 13.0. The summed E-state index contributed by atoms with van der Waals surface area (Å²) in [5, 5.41) is 0. The molecule has 4 rings (SSSR count). The van der Waals surface area contributed by atoms with E-state index in [0.29, 0.717) is 11.8 Å². The molecule has 0 aromatic heterocycles. The first-order valence-electron chi connectivity index (χ1n) is 14.1. The maximum absolute atomic E-state index is 13.0. The molecule has 0 amide bonds. The zero-order valence-electron chi connectivity index (χ0n) is 21.0. The minimum atomic E-state index is -0.568. The topological polar surface area (TPSA) is 44.8 Å². The van der Waals surface area contributed by atoms with E-state index in [0.717, 1.165) is 32.1 Å². The van der Waals surface area contributed by atoms with Gasteiger partial charge in [0.2, 0.25) is 6.29 Å². The molecule has 3 aliphatic heterocycles. The predicted octanol–water partition coefficient (Wildman–Crippen LogP) is 7.53. The number of hydrogen-bond acceptors (Lipinski definition) is 4. The fourth-order valence-corrected chi connectivity index (χ4v) is 7.41. The van der Waals surface area contributed by atoms with E-state index in [1.807, 2.05) is 6.92 Å².